The Hall–Kier alpha value is -0.900. The Morgan fingerprint density at radius 1 is 1.05 bits per heavy atom. The van der Waals surface area contributed by atoms with E-state index in [-0.39, 0.29) is 0 Å². The number of ether oxygens (including phenoxy) is 1. The highest BCUT2D eigenvalue weighted by Crippen LogP contribution is 2.06. The summed E-state index contributed by atoms with van der Waals surface area (Å²) in [4.78, 5) is 3.56. The minimum atomic E-state index is 0.888. The molecule has 3 nitrogen and oxygen atoms in total. The molecule has 1 aromatic rings. The first-order valence-electron chi connectivity index (χ1n) is 8.13. The lowest BCUT2D eigenvalue weighted by molar-refractivity contribution is -0.967. The van der Waals surface area contributed by atoms with Crippen molar-refractivity contribution in [3.05, 3.63) is 35.4 Å². The van der Waals surface area contributed by atoms with Gasteiger partial charge >= 0.3 is 0 Å². The zero-order valence-electron chi connectivity index (χ0n) is 12.7. The maximum Gasteiger partial charge on any atom is 0.103 e. The minimum Gasteiger partial charge on any atom is -0.370 e. The van der Waals surface area contributed by atoms with Gasteiger partial charge in [-0.15, -0.1) is 0 Å². The van der Waals surface area contributed by atoms with Crippen molar-refractivity contribution >= 4 is 0 Å². The average molecular weight is 276 g/mol. The highest BCUT2D eigenvalue weighted by Gasteiger charge is 2.30. The number of benzene rings is 1. The van der Waals surface area contributed by atoms with Crippen molar-refractivity contribution in [1.29, 1.82) is 0 Å². The van der Waals surface area contributed by atoms with Crippen molar-refractivity contribution in [3.8, 4) is 0 Å². The van der Waals surface area contributed by atoms with Crippen LogP contribution in [-0.4, -0.2) is 45.4 Å². The van der Waals surface area contributed by atoms with Crippen LogP contribution in [0.5, 0.6) is 0 Å². The van der Waals surface area contributed by atoms with E-state index in [0.717, 1.165) is 19.3 Å². The van der Waals surface area contributed by atoms with Gasteiger partial charge in [-0.25, -0.2) is 0 Å². The molecule has 20 heavy (non-hydrogen) atoms. The molecule has 2 saturated heterocycles. The molecule has 0 amide bonds. The van der Waals surface area contributed by atoms with Crippen LogP contribution in [0.15, 0.2) is 24.3 Å². The SMILES string of the molecule is Cc1ccccc1C[NH+]1CCC([NH+]2CCOCC2)CC1. The number of aryl methyl sites for hydroxylation is 1. The van der Waals surface area contributed by atoms with E-state index in [2.05, 4.69) is 31.2 Å². The molecule has 0 spiro atoms. The number of hydrogen-bond donors (Lipinski definition) is 2. The van der Waals surface area contributed by atoms with E-state index in [1.165, 1.54) is 56.7 Å². The van der Waals surface area contributed by atoms with Gasteiger partial charge in [0, 0.05) is 18.4 Å². The number of likely N-dealkylation sites (tertiary alicyclic amines) is 1. The third kappa shape index (κ3) is 3.40. The first-order chi connectivity index (χ1) is 9.83. The third-order valence-corrected chi connectivity index (χ3v) is 5.11. The highest BCUT2D eigenvalue weighted by molar-refractivity contribution is 5.24. The number of morpholine rings is 1. The summed E-state index contributed by atoms with van der Waals surface area (Å²) in [6, 6.07) is 9.73. The molecular weight excluding hydrogens is 248 g/mol. The van der Waals surface area contributed by atoms with Gasteiger partial charge in [-0.3, -0.25) is 0 Å². The number of nitrogens with one attached hydrogen (secondary N) is 2. The Labute approximate surface area is 122 Å². The molecular formula is C17H28N2O+2. The first kappa shape index (κ1) is 14.1. The van der Waals surface area contributed by atoms with Gasteiger partial charge in [0.1, 0.15) is 19.6 Å². The molecule has 110 valence electrons. The summed E-state index contributed by atoms with van der Waals surface area (Å²) < 4.78 is 5.48. The summed E-state index contributed by atoms with van der Waals surface area (Å²) in [7, 11) is 0. The summed E-state index contributed by atoms with van der Waals surface area (Å²) in [6.45, 7) is 10.5. The number of rotatable bonds is 3. The van der Waals surface area contributed by atoms with Gasteiger partial charge in [0.25, 0.3) is 0 Å². The molecule has 3 heteroatoms. The van der Waals surface area contributed by atoms with Crippen LogP contribution in [0, 0.1) is 6.92 Å². The monoisotopic (exact) mass is 276 g/mol. The van der Waals surface area contributed by atoms with Gasteiger partial charge in [0.15, 0.2) is 0 Å². The van der Waals surface area contributed by atoms with Gasteiger partial charge in [-0.2, -0.15) is 0 Å². The van der Waals surface area contributed by atoms with E-state index in [4.69, 9.17) is 4.74 Å². The average Bonchev–Trinajstić information content (AvgIpc) is 2.51. The molecule has 0 unspecified atom stereocenters. The molecule has 0 aromatic heterocycles. The predicted molar refractivity (Wildman–Crippen MR) is 80.1 cm³/mol. The van der Waals surface area contributed by atoms with Crippen molar-refractivity contribution in [2.24, 2.45) is 0 Å². The summed E-state index contributed by atoms with van der Waals surface area (Å²) in [5, 5.41) is 0. The van der Waals surface area contributed by atoms with Crippen LogP contribution in [0.25, 0.3) is 0 Å². The Bertz CT molecular complexity index is 421. The van der Waals surface area contributed by atoms with Gasteiger partial charge in [0.05, 0.1) is 32.3 Å². The van der Waals surface area contributed by atoms with Gasteiger partial charge < -0.3 is 14.5 Å². The Morgan fingerprint density at radius 2 is 1.75 bits per heavy atom. The molecule has 2 heterocycles. The first-order valence-corrected chi connectivity index (χ1v) is 8.13. The van der Waals surface area contributed by atoms with E-state index in [1.54, 1.807) is 9.80 Å². The fraction of sp³-hybridized carbons (Fsp3) is 0.647. The van der Waals surface area contributed by atoms with Crippen molar-refractivity contribution in [2.75, 3.05) is 39.4 Å². The number of piperidine rings is 1. The summed E-state index contributed by atoms with van der Waals surface area (Å²) in [5.74, 6) is 0. The maximum absolute atomic E-state index is 5.48. The Balaban J connectivity index is 1.50. The van der Waals surface area contributed by atoms with Crippen LogP contribution in [0.1, 0.15) is 24.0 Å². The second-order valence-corrected chi connectivity index (χ2v) is 6.40. The fourth-order valence-corrected chi connectivity index (χ4v) is 3.73. The van der Waals surface area contributed by atoms with E-state index in [9.17, 15) is 0 Å². The van der Waals surface area contributed by atoms with Gasteiger partial charge in [-0.1, -0.05) is 24.3 Å². The van der Waals surface area contributed by atoms with Crippen molar-refractivity contribution in [3.63, 3.8) is 0 Å². The molecule has 3 rings (SSSR count). The zero-order chi connectivity index (χ0) is 13.8. The topological polar surface area (TPSA) is 18.1 Å². The highest BCUT2D eigenvalue weighted by atomic mass is 16.5. The van der Waals surface area contributed by atoms with Crippen LogP contribution in [0.4, 0.5) is 0 Å². The molecule has 2 N–H and O–H groups in total. The van der Waals surface area contributed by atoms with E-state index in [0.29, 0.717) is 0 Å². The fourth-order valence-electron chi connectivity index (χ4n) is 3.73. The quantitative estimate of drug-likeness (QED) is 0.759. The molecule has 0 aliphatic carbocycles. The lowest BCUT2D eigenvalue weighted by Crippen LogP contribution is -3.21. The Morgan fingerprint density at radius 3 is 2.45 bits per heavy atom. The minimum absolute atomic E-state index is 0.888. The van der Waals surface area contributed by atoms with Crippen molar-refractivity contribution < 1.29 is 14.5 Å². The molecule has 1 aromatic carbocycles. The normalized spacial score (nSPS) is 28.4. The lowest BCUT2D eigenvalue weighted by Gasteiger charge is -2.36. The maximum atomic E-state index is 5.48. The molecule has 0 atom stereocenters. The number of quaternary nitrogens is 2. The second kappa shape index (κ2) is 6.70. The molecule has 0 saturated carbocycles. The summed E-state index contributed by atoms with van der Waals surface area (Å²) >= 11 is 0. The van der Waals surface area contributed by atoms with E-state index < -0.39 is 0 Å². The largest absolute Gasteiger partial charge is 0.370 e. The molecule has 2 aliphatic rings. The molecule has 2 aliphatic heterocycles. The molecule has 0 bridgehead atoms. The van der Waals surface area contributed by atoms with E-state index in [1.807, 2.05) is 0 Å². The summed E-state index contributed by atoms with van der Waals surface area (Å²) in [5.41, 5.74) is 2.97. The van der Waals surface area contributed by atoms with Crippen LogP contribution >= 0.6 is 0 Å². The lowest BCUT2D eigenvalue weighted by atomic mass is 10.0. The van der Waals surface area contributed by atoms with Crippen LogP contribution in [0.3, 0.4) is 0 Å². The predicted octanol–water partition coefficient (Wildman–Crippen LogP) is -0.543. The van der Waals surface area contributed by atoms with Crippen LogP contribution < -0.4 is 9.80 Å². The molecule has 2 fully saturated rings. The zero-order valence-corrected chi connectivity index (χ0v) is 12.7. The molecule has 0 radical (unpaired) electrons. The number of hydrogen-bond acceptors (Lipinski definition) is 1. The van der Waals surface area contributed by atoms with Crippen molar-refractivity contribution in [2.45, 2.75) is 32.4 Å². The van der Waals surface area contributed by atoms with E-state index >= 15 is 0 Å². The van der Waals surface area contributed by atoms with Crippen molar-refractivity contribution in [1.82, 2.24) is 0 Å². The second-order valence-electron chi connectivity index (χ2n) is 6.40. The van der Waals surface area contributed by atoms with Crippen LogP contribution in [0.2, 0.25) is 0 Å². The van der Waals surface area contributed by atoms with Gasteiger partial charge in [-0.05, 0) is 12.5 Å². The van der Waals surface area contributed by atoms with Gasteiger partial charge in [0.2, 0.25) is 0 Å². The van der Waals surface area contributed by atoms with Crippen LogP contribution in [-0.2, 0) is 11.3 Å². The third-order valence-electron chi connectivity index (χ3n) is 5.11. The summed E-state index contributed by atoms with van der Waals surface area (Å²) in [6.07, 6.45) is 2.77. The Kier molecular flexibility index (Phi) is 4.71. The standard InChI is InChI=1S/C17H26N2O/c1-15-4-2-3-5-16(15)14-18-8-6-17(7-9-18)19-10-12-20-13-11-19/h2-5,17H,6-14H2,1H3/p+2. The smallest absolute Gasteiger partial charge is 0.103 e.